The standard InChI is InChI=1S/C25H26N2O3.C17H22N2O2.CH3.Pd/c26-15-20-9-8-19(18-6-7-18)10-23(20)30-22-13-25(14-22)11-21(12-25)27-24(28)29-16-17-4-2-1-3-5-17;18-12-6-17(7-12)8-13(9-17)21-15-5-11(10-1-2-10)3-4-14(15)16(19)20;;/h1-5,8-10,18,21-22H,6-7,11-14,16H2,(H,27,28);3-5,10,12-13H,1-2,6-9,18H2,(H2,19,20);1H3;/q;;-1;. The Morgan fingerprint density at radius 1 is 0.774 bits per heavy atom. The number of primary amides is 1. The fourth-order valence-corrected chi connectivity index (χ4v) is 8.99. The van der Waals surface area contributed by atoms with E-state index in [1.807, 2.05) is 54.6 Å². The first-order valence-corrected chi connectivity index (χ1v) is 18.7. The molecule has 0 radical (unpaired) electrons. The number of ether oxygens (including phenoxy) is 3. The van der Waals surface area contributed by atoms with E-state index in [1.165, 1.54) is 36.8 Å². The van der Waals surface area contributed by atoms with Crippen LogP contribution < -0.4 is 26.3 Å². The minimum absolute atomic E-state index is 0. The van der Waals surface area contributed by atoms with Gasteiger partial charge in [0.25, 0.3) is 5.91 Å². The van der Waals surface area contributed by atoms with E-state index in [0.717, 1.165) is 62.7 Å². The van der Waals surface area contributed by atoms with E-state index in [0.29, 0.717) is 46.8 Å². The fraction of sp³-hybridized carbons (Fsp3) is 0.488. The van der Waals surface area contributed by atoms with Crippen LogP contribution in [0.25, 0.3) is 0 Å². The van der Waals surface area contributed by atoms with Crippen LogP contribution in [0.3, 0.4) is 0 Å². The average Bonchev–Trinajstić information content (AvgIpc) is 3.98. The predicted octanol–water partition coefficient (Wildman–Crippen LogP) is 7.81. The summed E-state index contributed by atoms with van der Waals surface area (Å²) in [6, 6.07) is 24.4. The molecule has 5 N–H and O–H groups in total. The Kier molecular flexibility index (Phi) is 11.6. The molecule has 0 aliphatic heterocycles. The van der Waals surface area contributed by atoms with Crippen LogP contribution >= 0.6 is 0 Å². The molecule has 3 aromatic carbocycles. The molecule has 53 heavy (non-hydrogen) atoms. The molecule has 9 nitrogen and oxygen atoms in total. The van der Waals surface area contributed by atoms with Crippen LogP contribution in [-0.2, 0) is 31.8 Å². The Morgan fingerprint density at radius 3 is 1.87 bits per heavy atom. The zero-order valence-corrected chi connectivity index (χ0v) is 32.0. The number of hydrogen-bond acceptors (Lipinski definition) is 7. The van der Waals surface area contributed by atoms with E-state index < -0.39 is 5.91 Å². The summed E-state index contributed by atoms with van der Waals surface area (Å²) in [5.74, 6) is 2.29. The Morgan fingerprint density at radius 2 is 1.32 bits per heavy atom. The zero-order valence-electron chi connectivity index (χ0n) is 30.5. The van der Waals surface area contributed by atoms with E-state index in [-0.39, 0.29) is 57.6 Å². The van der Waals surface area contributed by atoms with Gasteiger partial charge >= 0.3 is 6.09 Å². The second-order valence-electron chi connectivity index (χ2n) is 16.3. The zero-order chi connectivity index (χ0) is 35.2. The number of nitrogens with two attached hydrogens (primary N) is 2. The minimum atomic E-state index is -0.410. The smallest absolute Gasteiger partial charge is 0.407 e. The molecular weight excluding hydrogens is 759 g/mol. The molecule has 284 valence electrons. The first-order chi connectivity index (χ1) is 24.7. The molecule has 0 atom stereocenters. The number of nitriles is 1. The second-order valence-corrected chi connectivity index (χ2v) is 16.3. The molecule has 6 saturated carbocycles. The summed E-state index contributed by atoms with van der Waals surface area (Å²) in [6.07, 6.45) is 13.3. The van der Waals surface area contributed by atoms with Crippen LogP contribution in [0.4, 0.5) is 4.79 Å². The average molecular weight is 810 g/mol. The van der Waals surface area contributed by atoms with Gasteiger partial charge in [0, 0.05) is 32.5 Å². The van der Waals surface area contributed by atoms with Gasteiger partial charge in [-0.05, 0) is 141 Å². The van der Waals surface area contributed by atoms with Gasteiger partial charge in [-0.2, -0.15) is 5.26 Å². The van der Waals surface area contributed by atoms with Crippen LogP contribution in [0.1, 0.15) is 121 Å². The van der Waals surface area contributed by atoms with Crippen molar-refractivity contribution in [2.45, 2.75) is 120 Å². The second kappa shape index (κ2) is 15.8. The Balaban J connectivity index is 0.000000185. The third-order valence-corrected chi connectivity index (χ3v) is 12.0. The van der Waals surface area contributed by atoms with Gasteiger partial charge in [-0.15, -0.1) is 0 Å². The van der Waals surface area contributed by atoms with Crippen molar-refractivity contribution >= 4 is 12.0 Å². The maximum atomic E-state index is 12.0. The molecule has 0 saturated heterocycles. The van der Waals surface area contributed by atoms with Crippen molar-refractivity contribution in [3.63, 3.8) is 0 Å². The van der Waals surface area contributed by atoms with E-state index in [4.69, 9.17) is 25.7 Å². The van der Waals surface area contributed by atoms with Gasteiger partial charge in [0.15, 0.2) is 0 Å². The third kappa shape index (κ3) is 8.92. The Hall–Kier alpha value is -3.89. The number of benzene rings is 3. The van der Waals surface area contributed by atoms with Gasteiger partial charge in [0.1, 0.15) is 24.2 Å². The quantitative estimate of drug-likeness (QED) is 0.140. The van der Waals surface area contributed by atoms with Crippen molar-refractivity contribution in [1.82, 2.24) is 5.32 Å². The molecule has 0 bridgehead atoms. The predicted molar refractivity (Wildman–Crippen MR) is 199 cm³/mol. The molecule has 2 spiro atoms. The van der Waals surface area contributed by atoms with Gasteiger partial charge in [-0.3, -0.25) is 4.79 Å². The maximum Gasteiger partial charge on any atom is 0.407 e. The molecule has 3 aromatic rings. The summed E-state index contributed by atoms with van der Waals surface area (Å²) >= 11 is 0. The third-order valence-electron chi connectivity index (χ3n) is 12.0. The summed E-state index contributed by atoms with van der Waals surface area (Å²) < 4.78 is 17.6. The number of nitrogens with zero attached hydrogens (tertiary/aromatic N) is 1. The summed E-state index contributed by atoms with van der Waals surface area (Å²) in [4.78, 5) is 23.6. The molecule has 10 heteroatoms. The minimum Gasteiger partial charge on any atom is -0.490 e. The summed E-state index contributed by atoms with van der Waals surface area (Å²) in [6.45, 7) is 0.293. The molecule has 6 aliphatic carbocycles. The summed E-state index contributed by atoms with van der Waals surface area (Å²) in [5.41, 5.74) is 16.7. The van der Waals surface area contributed by atoms with E-state index >= 15 is 0 Å². The first-order valence-electron chi connectivity index (χ1n) is 18.7. The molecule has 0 heterocycles. The number of hydrogen-bond donors (Lipinski definition) is 3. The molecule has 6 fully saturated rings. The van der Waals surface area contributed by atoms with Crippen molar-refractivity contribution < 1.29 is 44.2 Å². The Labute approximate surface area is 327 Å². The number of carbonyl (C=O) groups excluding carboxylic acids is 2. The van der Waals surface area contributed by atoms with Crippen molar-refractivity contribution in [1.29, 1.82) is 5.26 Å². The van der Waals surface area contributed by atoms with Gasteiger partial charge in [-0.1, -0.05) is 42.5 Å². The van der Waals surface area contributed by atoms with Crippen LogP contribution in [0.5, 0.6) is 11.5 Å². The number of amides is 2. The summed E-state index contributed by atoms with van der Waals surface area (Å²) in [5, 5.41) is 12.4. The molecule has 0 unspecified atom stereocenters. The van der Waals surface area contributed by atoms with Gasteiger partial charge in [0.05, 0.1) is 23.3 Å². The molecule has 6 aliphatic rings. The first kappa shape index (κ1) is 38.8. The SMILES string of the molecule is N#Cc1ccc(C2CC2)cc1OC1CC2(CC(NC(=O)OCc3ccccc3)C2)C1.NC(=O)c1ccc(C2CC2)cc1OC1CC2(CC(N)C2)C1.[CH3-].[Pd]. The Bertz CT molecular complexity index is 1810. The molecule has 9 rings (SSSR count). The van der Waals surface area contributed by atoms with Crippen molar-refractivity contribution in [2.75, 3.05) is 0 Å². The van der Waals surface area contributed by atoms with Crippen LogP contribution in [-0.4, -0.2) is 36.3 Å². The molecule has 2 amide bonds. The van der Waals surface area contributed by atoms with Gasteiger partial charge < -0.3 is 38.4 Å². The fourth-order valence-electron chi connectivity index (χ4n) is 8.99. The molecule has 0 aromatic heterocycles. The number of nitrogens with one attached hydrogen (secondary N) is 1. The normalized spacial score (nSPS) is 28.7. The van der Waals surface area contributed by atoms with E-state index in [2.05, 4.69) is 23.5 Å². The van der Waals surface area contributed by atoms with Crippen LogP contribution in [0, 0.1) is 29.6 Å². The van der Waals surface area contributed by atoms with Crippen molar-refractivity contribution in [2.24, 2.45) is 22.3 Å². The number of rotatable bonds is 10. The van der Waals surface area contributed by atoms with E-state index in [1.54, 1.807) is 0 Å². The topological polar surface area (TPSA) is 150 Å². The summed E-state index contributed by atoms with van der Waals surface area (Å²) in [7, 11) is 0. The van der Waals surface area contributed by atoms with Crippen LogP contribution in [0.2, 0.25) is 0 Å². The van der Waals surface area contributed by atoms with Gasteiger partial charge in [0.2, 0.25) is 0 Å². The van der Waals surface area contributed by atoms with Gasteiger partial charge in [-0.25, -0.2) is 4.79 Å². The monoisotopic (exact) mass is 809 g/mol. The van der Waals surface area contributed by atoms with Crippen molar-refractivity contribution in [3.8, 4) is 17.6 Å². The number of carbonyl (C=O) groups is 2. The molecular formula is C43H51N4O5Pd-. The largest absolute Gasteiger partial charge is 0.490 e. The number of alkyl carbamates (subject to hydrolysis) is 1. The maximum absolute atomic E-state index is 12.0. The van der Waals surface area contributed by atoms with E-state index in [9.17, 15) is 14.9 Å². The van der Waals surface area contributed by atoms with Crippen molar-refractivity contribution in [3.05, 3.63) is 102 Å². The van der Waals surface area contributed by atoms with Crippen LogP contribution in [0.15, 0.2) is 66.7 Å².